The zero-order valence-corrected chi connectivity index (χ0v) is 11.6. The molecule has 0 heterocycles. The molecule has 102 valence electrons. The number of carbonyl (C=O) groups excluding carboxylic acids is 1. The van der Waals surface area contributed by atoms with E-state index in [1.165, 1.54) is 12.1 Å². The van der Waals surface area contributed by atoms with Gasteiger partial charge in [-0.3, -0.25) is 4.79 Å². The smallest absolute Gasteiger partial charge is 0.321 e. The number of sulfonamides is 1. The number of benzene rings is 1. The molecule has 0 aliphatic rings. The van der Waals surface area contributed by atoms with Crippen LogP contribution in [0.25, 0.3) is 0 Å². The summed E-state index contributed by atoms with van der Waals surface area (Å²) < 4.78 is 30.3. The summed E-state index contributed by atoms with van der Waals surface area (Å²) in [6, 6.07) is 5.49. The number of halogens is 1. The first-order chi connectivity index (χ1) is 8.90. The Balaban J connectivity index is 2.87. The summed E-state index contributed by atoms with van der Waals surface area (Å²) in [5.74, 6) is -0.675. The lowest BCUT2D eigenvalue weighted by molar-refractivity contribution is -0.141. The highest BCUT2D eigenvalue weighted by Crippen LogP contribution is 2.19. The lowest BCUT2D eigenvalue weighted by Crippen LogP contribution is -2.30. The van der Waals surface area contributed by atoms with Crippen LogP contribution in [0.1, 0.15) is 12.5 Å². The van der Waals surface area contributed by atoms with Crippen LogP contribution < -0.4 is 4.72 Å². The molecule has 0 radical (unpaired) electrons. The first kappa shape index (κ1) is 15.4. The minimum Gasteiger partial charge on any atom is -0.465 e. The van der Waals surface area contributed by atoms with Gasteiger partial charge < -0.3 is 4.74 Å². The van der Waals surface area contributed by atoms with Crippen LogP contribution in [0.2, 0.25) is 5.02 Å². The maximum absolute atomic E-state index is 11.8. The third kappa shape index (κ3) is 4.21. The van der Waals surface area contributed by atoms with E-state index in [2.05, 4.69) is 9.46 Å². The van der Waals surface area contributed by atoms with Crippen molar-refractivity contribution >= 4 is 27.6 Å². The van der Waals surface area contributed by atoms with E-state index < -0.39 is 22.5 Å². The molecule has 0 aliphatic carbocycles. The second kappa shape index (κ2) is 6.52. The average molecular weight is 303 g/mol. The Morgan fingerprint density at radius 1 is 1.53 bits per heavy atom. The number of hydrogen-bond donors (Lipinski definition) is 1. The molecule has 0 aliphatic heterocycles. The fourth-order valence-electron chi connectivity index (χ4n) is 1.20. The second-order valence-corrected chi connectivity index (χ2v) is 5.56. The number of hydrogen-bond acceptors (Lipinski definition) is 5. The van der Waals surface area contributed by atoms with Gasteiger partial charge in [0, 0.05) is 0 Å². The topological polar surface area (TPSA) is 96.3 Å². The lowest BCUT2D eigenvalue weighted by Gasteiger charge is -2.07. The first-order valence-electron chi connectivity index (χ1n) is 5.25. The third-order valence-electron chi connectivity index (χ3n) is 2.08. The van der Waals surface area contributed by atoms with Crippen molar-refractivity contribution in [2.45, 2.75) is 11.8 Å². The fraction of sp³-hybridized carbons (Fsp3) is 0.273. The number of nitrogens with zero attached hydrogens (tertiary/aromatic N) is 1. The van der Waals surface area contributed by atoms with Crippen molar-refractivity contribution in [1.82, 2.24) is 4.72 Å². The zero-order valence-electron chi connectivity index (χ0n) is 10.0. The number of rotatable bonds is 5. The van der Waals surface area contributed by atoms with Crippen molar-refractivity contribution < 1.29 is 17.9 Å². The summed E-state index contributed by atoms with van der Waals surface area (Å²) in [4.78, 5) is 10.9. The zero-order chi connectivity index (χ0) is 14.5. The van der Waals surface area contributed by atoms with E-state index in [9.17, 15) is 13.2 Å². The van der Waals surface area contributed by atoms with Gasteiger partial charge in [0.2, 0.25) is 10.0 Å². The summed E-state index contributed by atoms with van der Waals surface area (Å²) in [5, 5.41) is 8.72. The molecule has 1 N–H and O–H groups in total. The standard InChI is InChI=1S/C11H11ClN2O4S/c1-2-18-11(15)7-14-19(16,17)9-4-3-8(6-13)10(12)5-9/h3-5,14H,2,7H2,1H3. The van der Waals surface area contributed by atoms with Crippen LogP contribution in [0.15, 0.2) is 23.1 Å². The minimum absolute atomic E-state index is 0.0292. The largest absolute Gasteiger partial charge is 0.465 e. The van der Waals surface area contributed by atoms with Gasteiger partial charge in [0.25, 0.3) is 0 Å². The first-order valence-corrected chi connectivity index (χ1v) is 7.11. The molecule has 0 fully saturated rings. The van der Waals surface area contributed by atoms with Crippen molar-refractivity contribution in [2.24, 2.45) is 0 Å². The number of ether oxygens (including phenoxy) is 1. The predicted molar refractivity (Wildman–Crippen MR) is 68.0 cm³/mol. The van der Waals surface area contributed by atoms with E-state index in [4.69, 9.17) is 16.9 Å². The molecule has 0 aromatic heterocycles. The molecule has 0 saturated carbocycles. The van der Waals surface area contributed by atoms with Crippen LogP contribution in [-0.2, 0) is 19.6 Å². The molecular formula is C11H11ClN2O4S. The van der Waals surface area contributed by atoms with Gasteiger partial charge in [0.15, 0.2) is 0 Å². The minimum atomic E-state index is -3.87. The van der Waals surface area contributed by atoms with E-state index in [0.717, 1.165) is 6.07 Å². The van der Waals surface area contributed by atoms with Crippen LogP contribution >= 0.6 is 11.6 Å². The number of carbonyl (C=O) groups is 1. The molecule has 19 heavy (non-hydrogen) atoms. The molecule has 1 rings (SSSR count). The van der Waals surface area contributed by atoms with Crippen molar-refractivity contribution in [3.8, 4) is 6.07 Å². The molecule has 1 aromatic rings. The molecule has 6 nitrogen and oxygen atoms in total. The molecule has 0 spiro atoms. The highest BCUT2D eigenvalue weighted by atomic mass is 35.5. The summed E-state index contributed by atoms with van der Waals surface area (Å²) in [6.07, 6.45) is 0. The molecule has 0 unspecified atom stereocenters. The molecule has 0 saturated heterocycles. The molecule has 0 atom stereocenters. The maximum Gasteiger partial charge on any atom is 0.321 e. The molecule has 0 amide bonds. The molecule has 0 bridgehead atoms. The Bertz CT molecular complexity index is 622. The normalized spacial score (nSPS) is 10.8. The van der Waals surface area contributed by atoms with Gasteiger partial charge in [0.05, 0.1) is 22.1 Å². The van der Waals surface area contributed by atoms with Crippen LogP contribution in [0, 0.1) is 11.3 Å². The Kier molecular flexibility index (Phi) is 5.30. The quantitative estimate of drug-likeness (QED) is 0.820. The second-order valence-electron chi connectivity index (χ2n) is 3.38. The molecule has 1 aromatic carbocycles. The lowest BCUT2D eigenvalue weighted by atomic mass is 10.2. The van der Waals surface area contributed by atoms with Crippen molar-refractivity contribution in [1.29, 1.82) is 5.26 Å². The summed E-state index contributed by atoms with van der Waals surface area (Å²) in [6.45, 7) is 1.32. The summed E-state index contributed by atoms with van der Waals surface area (Å²) in [7, 11) is -3.87. The number of nitriles is 1. The van der Waals surface area contributed by atoms with Crippen LogP contribution in [-0.4, -0.2) is 27.5 Å². The Morgan fingerprint density at radius 3 is 2.74 bits per heavy atom. The highest BCUT2D eigenvalue weighted by molar-refractivity contribution is 7.89. The summed E-state index contributed by atoms with van der Waals surface area (Å²) in [5.41, 5.74) is 0.172. The molecular weight excluding hydrogens is 292 g/mol. The van der Waals surface area contributed by atoms with Gasteiger partial charge in [0.1, 0.15) is 12.6 Å². The highest BCUT2D eigenvalue weighted by Gasteiger charge is 2.17. The maximum atomic E-state index is 11.8. The Morgan fingerprint density at radius 2 is 2.21 bits per heavy atom. The summed E-state index contributed by atoms with van der Waals surface area (Å²) >= 11 is 5.74. The van der Waals surface area contributed by atoms with Gasteiger partial charge in [-0.25, -0.2) is 8.42 Å². The van der Waals surface area contributed by atoms with Gasteiger partial charge in [-0.2, -0.15) is 9.98 Å². The monoisotopic (exact) mass is 302 g/mol. The Hall–Kier alpha value is -1.62. The SMILES string of the molecule is CCOC(=O)CNS(=O)(=O)c1ccc(C#N)c(Cl)c1. The van der Waals surface area contributed by atoms with Crippen molar-refractivity contribution in [2.75, 3.05) is 13.2 Å². The van der Waals surface area contributed by atoms with E-state index in [1.807, 2.05) is 6.07 Å². The van der Waals surface area contributed by atoms with E-state index in [0.29, 0.717) is 0 Å². The molecule has 8 heteroatoms. The predicted octanol–water partition coefficient (Wildman–Crippen LogP) is 1.05. The number of nitrogens with one attached hydrogen (secondary N) is 1. The Labute approximate surface area is 116 Å². The van der Waals surface area contributed by atoms with Gasteiger partial charge in [-0.05, 0) is 25.1 Å². The van der Waals surface area contributed by atoms with E-state index in [-0.39, 0.29) is 22.1 Å². The third-order valence-corrected chi connectivity index (χ3v) is 3.79. The van der Waals surface area contributed by atoms with Crippen molar-refractivity contribution in [3.05, 3.63) is 28.8 Å². The van der Waals surface area contributed by atoms with Gasteiger partial charge in [-0.1, -0.05) is 11.6 Å². The van der Waals surface area contributed by atoms with Crippen LogP contribution in [0.3, 0.4) is 0 Å². The van der Waals surface area contributed by atoms with Crippen LogP contribution in [0.5, 0.6) is 0 Å². The van der Waals surface area contributed by atoms with Crippen LogP contribution in [0.4, 0.5) is 0 Å². The fourth-order valence-corrected chi connectivity index (χ4v) is 2.49. The van der Waals surface area contributed by atoms with E-state index >= 15 is 0 Å². The average Bonchev–Trinajstić information content (AvgIpc) is 2.37. The van der Waals surface area contributed by atoms with E-state index in [1.54, 1.807) is 6.92 Å². The van der Waals surface area contributed by atoms with Gasteiger partial charge in [-0.15, -0.1) is 0 Å². The number of esters is 1. The van der Waals surface area contributed by atoms with Gasteiger partial charge >= 0.3 is 5.97 Å². The van der Waals surface area contributed by atoms with Crippen molar-refractivity contribution in [3.63, 3.8) is 0 Å².